The molecule has 4 aliphatic rings. The summed E-state index contributed by atoms with van der Waals surface area (Å²) in [6.45, 7) is 14.5. The maximum Gasteiger partial charge on any atom is 0.429 e. The summed E-state index contributed by atoms with van der Waals surface area (Å²) in [6, 6.07) is -1.29. The van der Waals surface area contributed by atoms with E-state index in [1.807, 2.05) is 0 Å². The molecule has 0 spiro atoms. The summed E-state index contributed by atoms with van der Waals surface area (Å²) in [4.78, 5) is 37.6. The van der Waals surface area contributed by atoms with Crippen LogP contribution in [0.3, 0.4) is 0 Å². The molecule has 0 saturated heterocycles. The van der Waals surface area contributed by atoms with E-state index >= 15 is 0 Å². The van der Waals surface area contributed by atoms with Crippen LogP contribution in [0.15, 0.2) is 0 Å². The van der Waals surface area contributed by atoms with Gasteiger partial charge in [0.25, 0.3) is 0 Å². The first kappa shape index (κ1) is 24.1. The Morgan fingerprint density at radius 2 is 1.33 bits per heavy atom. The van der Waals surface area contributed by atoms with Crippen molar-refractivity contribution in [1.82, 2.24) is 10.4 Å². The van der Waals surface area contributed by atoms with Gasteiger partial charge in [0.05, 0.1) is 0 Å². The van der Waals surface area contributed by atoms with E-state index in [1.54, 1.807) is 0 Å². The highest BCUT2D eigenvalue weighted by molar-refractivity contribution is 5.81. The summed E-state index contributed by atoms with van der Waals surface area (Å²) < 4.78 is 11.6. The lowest BCUT2D eigenvalue weighted by Gasteiger charge is -2.40. The molecule has 0 aromatic heterocycles. The van der Waals surface area contributed by atoms with Crippen LogP contribution >= 0.6 is 0 Å². The van der Waals surface area contributed by atoms with Crippen LogP contribution in [0.25, 0.3) is 0 Å². The minimum atomic E-state index is -1.29. The molecular formula is C25H40N2O6. The van der Waals surface area contributed by atoms with Crippen molar-refractivity contribution < 1.29 is 29.0 Å². The maximum atomic E-state index is 13.1. The summed E-state index contributed by atoms with van der Waals surface area (Å²) in [6.07, 6.45) is 3.47. The number of amides is 2. The number of ether oxygens (including phenoxy) is 2. The van der Waals surface area contributed by atoms with Crippen molar-refractivity contribution in [3.8, 4) is 0 Å². The van der Waals surface area contributed by atoms with Crippen LogP contribution in [-0.2, 0) is 14.3 Å². The zero-order valence-corrected chi connectivity index (χ0v) is 21.1. The molecule has 4 rings (SSSR count). The van der Waals surface area contributed by atoms with Gasteiger partial charge in [-0.2, -0.15) is 0 Å². The highest BCUT2D eigenvalue weighted by Crippen LogP contribution is 2.67. The monoisotopic (exact) mass is 464 g/mol. The Morgan fingerprint density at radius 3 is 1.70 bits per heavy atom. The number of rotatable bonds is 4. The average Bonchev–Trinajstić information content (AvgIpc) is 3.23. The second-order valence-electron chi connectivity index (χ2n) is 12.5. The Hall–Kier alpha value is -1.99. The van der Waals surface area contributed by atoms with Crippen LogP contribution in [0.5, 0.6) is 0 Å². The number of hydrazine groups is 1. The van der Waals surface area contributed by atoms with Gasteiger partial charge in [0.15, 0.2) is 6.04 Å². The zero-order chi connectivity index (χ0) is 24.6. The van der Waals surface area contributed by atoms with Gasteiger partial charge < -0.3 is 14.6 Å². The number of nitrogens with zero attached hydrogens (tertiary/aromatic N) is 1. The topological polar surface area (TPSA) is 105 Å². The van der Waals surface area contributed by atoms with Gasteiger partial charge >= 0.3 is 18.2 Å². The first-order valence-corrected chi connectivity index (χ1v) is 12.3. The molecule has 8 nitrogen and oxygen atoms in total. The lowest BCUT2D eigenvalue weighted by Crippen LogP contribution is -2.56. The summed E-state index contributed by atoms with van der Waals surface area (Å²) in [5.41, 5.74) is 2.19. The molecule has 0 unspecified atom stereocenters. The van der Waals surface area contributed by atoms with E-state index in [0.29, 0.717) is 11.8 Å². The van der Waals surface area contributed by atoms with E-state index in [4.69, 9.17) is 9.47 Å². The second-order valence-corrected chi connectivity index (χ2v) is 12.5. The summed E-state index contributed by atoms with van der Waals surface area (Å²) in [5, 5.41) is 10.3. The van der Waals surface area contributed by atoms with E-state index in [9.17, 15) is 19.5 Å². The molecule has 4 bridgehead atoms. The van der Waals surface area contributed by atoms with Crippen LogP contribution < -0.4 is 5.43 Å². The SMILES string of the molecule is C[C@H](C(=O)O)N(NC(=O)O[C@@H]1C[C@H]2CC[C@]1(C)C2(C)C)C(=O)O[C@@H]1C[C@H]2CC[C@]1(C)C2(C)C. The molecule has 0 aromatic rings. The van der Waals surface area contributed by atoms with Gasteiger partial charge in [-0.25, -0.2) is 24.8 Å². The molecule has 0 aromatic carbocycles. The zero-order valence-electron chi connectivity index (χ0n) is 21.1. The summed E-state index contributed by atoms with van der Waals surface area (Å²) in [7, 11) is 0. The highest BCUT2D eigenvalue weighted by atomic mass is 16.6. The van der Waals surface area contributed by atoms with Crippen molar-refractivity contribution in [2.75, 3.05) is 0 Å². The van der Waals surface area contributed by atoms with E-state index in [2.05, 4.69) is 47.0 Å². The van der Waals surface area contributed by atoms with Gasteiger partial charge in [0, 0.05) is 10.8 Å². The van der Waals surface area contributed by atoms with Crippen LogP contribution in [0.1, 0.15) is 87.0 Å². The Balaban J connectivity index is 1.44. The highest BCUT2D eigenvalue weighted by Gasteiger charge is 2.64. The molecule has 2 amide bonds. The standard InChI is InChI=1S/C25H40N2O6/c1-14(19(28)29)27(21(31)33-18-13-16-9-11-25(18,7)23(16,4)5)26-20(30)32-17-12-15-8-10-24(17,6)22(15,2)3/h14-18H,8-13H2,1-7H3,(H,26,30)(H,28,29)/t14-,15-,16-,17-,18-,24+,25+/m1/s1. The van der Waals surface area contributed by atoms with Crippen LogP contribution in [0, 0.1) is 33.5 Å². The van der Waals surface area contributed by atoms with Crippen molar-refractivity contribution in [3.63, 3.8) is 0 Å². The number of carbonyl (C=O) groups is 3. The van der Waals surface area contributed by atoms with Crippen LogP contribution in [-0.4, -0.2) is 46.5 Å². The number of aliphatic carboxylic acids is 1. The molecule has 0 heterocycles. The Kier molecular flexibility index (Phi) is 5.49. The van der Waals surface area contributed by atoms with Crippen molar-refractivity contribution in [2.45, 2.75) is 105 Å². The number of fused-ring (bicyclic) bond motifs is 4. The third-order valence-corrected chi connectivity index (χ3v) is 11.1. The predicted molar refractivity (Wildman–Crippen MR) is 121 cm³/mol. The fourth-order valence-corrected chi connectivity index (χ4v) is 7.46. The molecule has 7 atom stereocenters. The lowest BCUT2D eigenvalue weighted by atomic mass is 9.70. The van der Waals surface area contributed by atoms with Crippen LogP contribution in [0.4, 0.5) is 9.59 Å². The van der Waals surface area contributed by atoms with E-state index in [-0.39, 0.29) is 33.9 Å². The van der Waals surface area contributed by atoms with E-state index in [1.165, 1.54) is 6.92 Å². The van der Waals surface area contributed by atoms with Crippen molar-refractivity contribution in [1.29, 1.82) is 0 Å². The number of hydrogen-bond donors (Lipinski definition) is 2. The number of hydrogen-bond acceptors (Lipinski definition) is 5. The van der Waals surface area contributed by atoms with Crippen molar-refractivity contribution in [2.24, 2.45) is 33.5 Å². The predicted octanol–water partition coefficient (Wildman–Crippen LogP) is 4.97. The number of carbonyl (C=O) groups excluding carboxylic acids is 2. The third-order valence-electron chi connectivity index (χ3n) is 11.1. The smallest absolute Gasteiger partial charge is 0.429 e. The maximum absolute atomic E-state index is 13.1. The fourth-order valence-electron chi connectivity index (χ4n) is 7.46. The fraction of sp³-hybridized carbons (Fsp3) is 0.880. The number of carboxylic acid groups (broad SMARTS) is 1. The summed E-state index contributed by atoms with van der Waals surface area (Å²) in [5.74, 6) is -0.286. The number of nitrogens with one attached hydrogen (secondary N) is 1. The van der Waals surface area contributed by atoms with Crippen molar-refractivity contribution in [3.05, 3.63) is 0 Å². The molecule has 33 heavy (non-hydrogen) atoms. The summed E-state index contributed by atoms with van der Waals surface area (Å²) >= 11 is 0. The first-order chi connectivity index (χ1) is 15.1. The van der Waals surface area contributed by atoms with Gasteiger partial charge in [-0.05, 0) is 68.1 Å². The average molecular weight is 465 g/mol. The minimum Gasteiger partial charge on any atom is -0.480 e. The van der Waals surface area contributed by atoms with E-state index in [0.717, 1.165) is 43.5 Å². The number of carboxylic acids is 1. The van der Waals surface area contributed by atoms with Gasteiger partial charge in [-0.3, -0.25) is 0 Å². The molecule has 4 saturated carbocycles. The lowest BCUT2D eigenvalue weighted by molar-refractivity contribution is -0.143. The molecule has 186 valence electrons. The molecule has 4 fully saturated rings. The molecule has 2 N–H and O–H groups in total. The van der Waals surface area contributed by atoms with E-state index < -0.39 is 24.2 Å². The molecule has 4 aliphatic carbocycles. The Bertz CT molecular complexity index is 856. The molecular weight excluding hydrogens is 424 g/mol. The molecule has 0 radical (unpaired) electrons. The quantitative estimate of drug-likeness (QED) is 0.569. The van der Waals surface area contributed by atoms with Crippen molar-refractivity contribution >= 4 is 18.2 Å². The molecule has 8 heteroatoms. The van der Waals surface area contributed by atoms with Gasteiger partial charge in [-0.15, -0.1) is 0 Å². The van der Waals surface area contributed by atoms with Gasteiger partial charge in [0.1, 0.15) is 12.2 Å². The minimum absolute atomic E-state index is 0.0393. The van der Waals surface area contributed by atoms with Gasteiger partial charge in [0.2, 0.25) is 0 Å². The first-order valence-electron chi connectivity index (χ1n) is 12.3. The second kappa shape index (κ2) is 7.51. The Morgan fingerprint density at radius 1 is 0.879 bits per heavy atom. The Labute approximate surface area is 196 Å². The molecule has 0 aliphatic heterocycles. The largest absolute Gasteiger partial charge is 0.480 e. The van der Waals surface area contributed by atoms with Gasteiger partial charge in [-0.1, -0.05) is 41.5 Å². The normalized spacial score (nSPS) is 40.3. The third kappa shape index (κ3) is 3.34. The van der Waals surface area contributed by atoms with Crippen LogP contribution in [0.2, 0.25) is 0 Å².